The maximum absolute atomic E-state index is 10.8. The summed E-state index contributed by atoms with van der Waals surface area (Å²) in [6, 6.07) is 5.36. The number of rotatable bonds is 4. The van der Waals surface area contributed by atoms with E-state index in [4.69, 9.17) is 9.52 Å². The molecule has 0 fully saturated rings. The van der Waals surface area contributed by atoms with Gasteiger partial charge in [0.05, 0.1) is 12.1 Å². The summed E-state index contributed by atoms with van der Waals surface area (Å²) >= 11 is 1.63. The van der Waals surface area contributed by atoms with Crippen molar-refractivity contribution in [3.05, 3.63) is 39.7 Å². The van der Waals surface area contributed by atoms with Gasteiger partial charge in [0, 0.05) is 4.88 Å². The number of carboxylic acid groups (broad SMARTS) is 1. The first kappa shape index (κ1) is 13.7. The zero-order valence-corrected chi connectivity index (χ0v) is 12.1. The predicted octanol–water partition coefficient (Wildman–Crippen LogP) is 3.40. The van der Waals surface area contributed by atoms with Crippen molar-refractivity contribution in [2.24, 2.45) is 0 Å². The summed E-state index contributed by atoms with van der Waals surface area (Å²) in [5.41, 5.74) is 1.92. The molecule has 0 radical (unpaired) electrons. The zero-order chi connectivity index (χ0) is 14.8. The van der Waals surface area contributed by atoms with E-state index in [9.17, 15) is 10.1 Å². The average Bonchev–Trinajstić information content (AvgIpc) is 3.09. The molecule has 2 heterocycles. The van der Waals surface area contributed by atoms with Crippen molar-refractivity contribution in [2.45, 2.75) is 32.2 Å². The first-order chi connectivity index (χ1) is 10.2. The van der Waals surface area contributed by atoms with E-state index >= 15 is 0 Å². The Kier molecular flexibility index (Phi) is 3.67. The molecule has 3 rings (SSSR count). The molecule has 0 aromatic carbocycles. The van der Waals surface area contributed by atoms with E-state index in [1.807, 2.05) is 0 Å². The van der Waals surface area contributed by atoms with Crippen LogP contribution in [0, 0.1) is 11.3 Å². The summed E-state index contributed by atoms with van der Waals surface area (Å²) in [5.74, 6) is -0.606. The Morgan fingerprint density at radius 3 is 2.95 bits per heavy atom. The van der Waals surface area contributed by atoms with E-state index in [-0.39, 0.29) is 5.76 Å². The summed E-state index contributed by atoms with van der Waals surface area (Å²) in [5, 5.41) is 22.2. The lowest BCUT2D eigenvalue weighted by molar-refractivity contribution is 0.0660. The molecule has 2 aromatic heterocycles. The standard InChI is InChI=1S/C15H14N2O3S/c16-7-11-10-3-1-2-4-13(10)21-14(11)17-8-9-5-6-12(20-9)15(18)19/h5-6,17H,1-4,8H2,(H,18,19). The first-order valence-electron chi connectivity index (χ1n) is 6.79. The van der Waals surface area contributed by atoms with E-state index in [0.717, 1.165) is 29.8 Å². The summed E-state index contributed by atoms with van der Waals surface area (Å²) in [6.45, 7) is 0.376. The second kappa shape index (κ2) is 5.62. The topological polar surface area (TPSA) is 86.3 Å². The van der Waals surface area contributed by atoms with Crippen molar-refractivity contribution in [3.63, 3.8) is 0 Å². The fourth-order valence-electron chi connectivity index (χ4n) is 2.56. The van der Waals surface area contributed by atoms with Crippen molar-refractivity contribution >= 4 is 22.3 Å². The van der Waals surface area contributed by atoms with Crippen LogP contribution >= 0.6 is 11.3 Å². The number of hydrogen-bond donors (Lipinski definition) is 2. The fourth-order valence-corrected chi connectivity index (χ4v) is 3.80. The van der Waals surface area contributed by atoms with Gasteiger partial charge >= 0.3 is 5.97 Å². The molecule has 0 saturated heterocycles. The van der Waals surface area contributed by atoms with Crippen molar-refractivity contribution in [1.29, 1.82) is 5.26 Å². The lowest BCUT2D eigenvalue weighted by Gasteiger charge is -2.09. The highest BCUT2D eigenvalue weighted by Gasteiger charge is 2.20. The predicted molar refractivity (Wildman–Crippen MR) is 78.7 cm³/mol. The SMILES string of the molecule is N#Cc1c(NCc2ccc(C(=O)O)o2)sc2c1CCCC2. The molecule has 1 aliphatic rings. The van der Waals surface area contributed by atoms with Gasteiger partial charge < -0.3 is 14.8 Å². The van der Waals surface area contributed by atoms with E-state index in [1.165, 1.54) is 22.9 Å². The van der Waals surface area contributed by atoms with Crippen LogP contribution in [0.25, 0.3) is 0 Å². The van der Waals surface area contributed by atoms with Crippen LogP contribution in [0.15, 0.2) is 16.5 Å². The number of carbonyl (C=O) groups is 1. The Morgan fingerprint density at radius 1 is 1.43 bits per heavy atom. The Balaban J connectivity index is 1.77. The molecular formula is C15H14N2O3S. The number of aryl methyl sites for hydroxylation is 1. The third-order valence-corrected chi connectivity index (χ3v) is 4.83. The third kappa shape index (κ3) is 2.65. The van der Waals surface area contributed by atoms with E-state index in [1.54, 1.807) is 17.4 Å². The molecule has 0 bridgehead atoms. The maximum atomic E-state index is 10.8. The molecule has 2 N–H and O–H groups in total. The Hall–Kier alpha value is -2.26. The van der Waals surface area contributed by atoms with Crippen LogP contribution in [0.3, 0.4) is 0 Å². The van der Waals surface area contributed by atoms with E-state index in [0.29, 0.717) is 12.3 Å². The molecule has 21 heavy (non-hydrogen) atoms. The molecule has 0 saturated carbocycles. The van der Waals surface area contributed by atoms with Gasteiger partial charge in [0.1, 0.15) is 16.8 Å². The molecule has 0 aliphatic heterocycles. The number of aromatic carboxylic acids is 1. The van der Waals surface area contributed by atoms with Gasteiger partial charge in [-0.2, -0.15) is 5.26 Å². The number of thiophene rings is 1. The Labute approximate surface area is 125 Å². The van der Waals surface area contributed by atoms with Gasteiger partial charge in [0.15, 0.2) is 0 Å². The highest BCUT2D eigenvalue weighted by atomic mass is 32.1. The van der Waals surface area contributed by atoms with Crippen molar-refractivity contribution < 1.29 is 14.3 Å². The highest BCUT2D eigenvalue weighted by molar-refractivity contribution is 7.16. The minimum Gasteiger partial charge on any atom is -0.475 e. The van der Waals surface area contributed by atoms with Gasteiger partial charge in [-0.05, 0) is 43.4 Å². The monoisotopic (exact) mass is 302 g/mol. The highest BCUT2D eigenvalue weighted by Crippen LogP contribution is 2.37. The van der Waals surface area contributed by atoms with Gasteiger partial charge in [-0.1, -0.05) is 0 Å². The van der Waals surface area contributed by atoms with Crippen LogP contribution in [0.5, 0.6) is 0 Å². The number of fused-ring (bicyclic) bond motifs is 1. The molecule has 2 aromatic rings. The van der Waals surface area contributed by atoms with Crippen LogP contribution in [-0.4, -0.2) is 11.1 Å². The van der Waals surface area contributed by atoms with E-state index < -0.39 is 5.97 Å². The Morgan fingerprint density at radius 2 is 2.24 bits per heavy atom. The maximum Gasteiger partial charge on any atom is 0.371 e. The second-order valence-corrected chi connectivity index (χ2v) is 6.06. The van der Waals surface area contributed by atoms with Crippen LogP contribution in [0.1, 0.15) is 45.2 Å². The fraction of sp³-hybridized carbons (Fsp3) is 0.333. The van der Waals surface area contributed by atoms with Crippen molar-refractivity contribution in [1.82, 2.24) is 0 Å². The Bertz CT molecular complexity index is 724. The van der Waals surface area contributed by atoms with Crippen LogP contribution in [0.4, 0.5) is 5.00 Å². The van der Waals surface area contributed by atoms with Crippen LogP contribution < -0.4 is 5.32 Å². The minimum atomic E-state index is -1.08. The molecule has 0 amide bonds. The lowest BCUT2D eigenvalue weighted by Crippen LogP contribution is -2.01. The second-order valence-electron chi connectivity index (χ2n) is 4.95. The number of hydrogen-bond acceptors (Lipinski definition) is 5. The lowest BCUT2D eigenvalue weighted by atomic mass is 9.96. The normalized spacial score (nSPS) is 13.5. The smallest absolute Gasteiger partial charge is 0.371 e. The molecule has 0 atom stereocenters. The number of nitrogens with one attached hydrogen (secondary N) is 1. The molecule has 1 aliphatic carbocycles. The summed E-state index contributed by atoms with van der Waals surface area (Å²) in [4.78, 5) is 12.1. The number of anilines is 1. The molecule has 0 unspecified atom stereocenters. The summed E-state index contributed by atoms with van der Waals surface area (Å²) in [6.07, 6.45) is 4.33. The quantitative estimate of drug-likeness (QED) is 0.904. The van der Waals surface area contributed by atoms with Gasteiger partial charge in [0.25, 0.3) is 0 Å². The zero-order valence-electron chi connectivity index (χ0n) is 11.3. The summed E-state index contributed by atoms with van der Waals surface area (Å²) < 4.78 is 5.20. The first-order valence-corrected chi connectivity index (χ1v) is 7.61. The number of furan rings is 1. The minimum absolute atomic E-state index is 0.0715. The number of carboxylic acids is 1. The van der Waals surface area contributed by atoms with Gasteiger partial charge in [-0.15, -0.1) is 11.3 Å². The van der Waals surface area contributed by atoms with Gasteiger partial charge in [0.2, 0.25) is 5.76 Å². The molecular weight excluding hydrogens is 288 g/mol. The largest absolute Gasteiger partial charge is 0.475 e. The van der Waals surface area contributed by atoms with Crippen molar-refractivity contribution in [2.75, 3.05) is 5.32 Å². The van der Waals surface area contributed by atoms with Crippen molar-refractivity contribution in [3.8, 4) is 6.07 Å². The van der Waals surface area contributed by atoms with Gasteiger partial charge in [-0.3, -0.25) is 0 Å². The number of nitriles is 1. The van der Waals surface area contributed by atoms with Gasteiger partial charge in [-0.25, -0.2) is 4.79 Å². The molecule has 0 spiro atoms. The number of nitrogens with zero attached hydrogens (tertiary/aromatic N) is 1. The summed E-state index contributed by atoms with van der Waals surface area (Å²) in [7, 11) is 0. The average molecular weight is 302 g/mol. The molecule has 108 valence electrons. The van der Waals surface area contributed by atoms with E-state index in [2.05, 4.69) is 11.4 Å². The van der Waals surface area contributed by atoms with Crippen LogP contribution in [-0.2, 0) is 19.4 Å². The van der Waals surface area contributed by atoms with Crippen LogP contribution in [0.2, 0.25) is 0 Å². The molecule has 5 nitrogen and oxygen atoms in total. The third-order valence-electron chi connectivity index (χ3n) is 3.58. The molecule has 6 heteroatoms.